The van der Waals surface area contributed by atoms with Crippen LogP contribution in [0.3, 0.4) is 0 Å². The number of carbonyl (C=O) groups is 1. The summed E-state index contributed by atoms with van der Waals surface area (Å²) in [6, 6.07) is 10.3. The summed E-state index contributed by atoms with van der Waals surface area (Å²) in [6.07, 6.45) is 0. The second-order valence-corrected chi connectivity index (χ2v) is 7.61. The van der Waals surface area contributed by atoms with Crippen LogP contribution < -0.4 is 14.8 Å². The van der Waals surface area contributed by atoms with Crippen LogP contribution in [0.2, 0.25) is 10.0 Å². The number of thioether (sulfide) groups is 1. The number of benzene rings is 2. The Morgan fingerprint density at radius 3 is 2.69 bits per heavy atom. The first kappa shape index (κ1) is 19.0. The first-order valence-corrected chi connectivity index (χ1v) is 9.70. The van der Waals surface area contributed by atoms with Crippen molar-refractivity contribution in [2.24, 2.45) is 0 Å². The minimum absolute atomic E-state index is 0.175. The Balaban J connectivity index is 1.85. The third kappa shape index (κ3) is 3.98. The number of urea groups is 1. The standard InChI is InChI=1S/C18H18Cl2N2O3S/c1-24-12-4-6-16(25-2)13(10-12)17-22(7-8-26-17)18(23)21-15-5-3-11(19)9-14(15)20/h3-6,9-10,17H,7-8H2,1-2H3,(H,21,23). The average molecular weight is 413 g/mol. The van der Waals surface area contributed by atoms with Gasteiger partial charge in [-0.3, -0.25) is 0 Å². The molecule has 1 saturated heterocycles. The highest BCUT2D eigenvalue weighted by molar-refractivity contribution is 7.99. The number of carbonyl (C=O) groups excluding carboxylic acids is 1. The van der Waals surface area contributed by atoms with Crippen LogP contribution in [0, 0.1) is 0 Å². The minimum Gasteiger partial charge on any atom is -0.497 e. The van der Waals surface area contributed by atoms with Gasteiger partial charge in [-0.05, 0) is 36.4 Å². The lowest BCUT2D eigenvalue weighted by atomic mass is 10.1. The van der Waals surface area contributed by atoms with Crippen LogP contribution in [-0.2, 0) is 0 Å². The molecule has 1 fully saturated rings. The predicted molar refractivity (Wildman–Crippen MR) is 107 cm³/mol. The van der Waals surface area contributed by atoms with E-state index in [-0.39, 0.29) is 11.4 Å². The van der Waals surface area contributed by atoms with E-state index < -0.39 is 0 Å². The Labute approximate surface area is 166 Å². The van der Waals surface area contributed by atoms with Crippen molar-refractivity contribution >= 4 is 46.7 Å². The monoisotopic (exact) mass is 412 g/mol. The van der Waals surface area contributed by atoms with E-state index in [1.54, 1.807) is 49.1 Å². The zero-order chi connectivity index (χ0) is 18.7. The van der Waals surface area contributed by atoms with Crippen LogP contribution in [0.15, 0.2) is 36.4 Å². The number of halogens is 2. The molecule has 2 aromatic carbocycles. The maximum absolute atomic E-state index is 12.8. The molecule has 0 saturated carbocycles. The number of nitrogens with zero attached hydrogens (tertiary/aromatic N) is 1. The zero-order valence-electron chi connectivity index (χ0n) is 14.3. The Hall–Kier alpha value is -1.76. The van der Waals surface area contributed by atoms with Gasteiger partial charge in [0.25, 0.3) is 0 Å². The Bertz CT molecular complexity index is 819. The van der Waals surface area contributed by atoms with Gasteiger partial charge in [0.05, 0.1) is 24.9 Å². The van der Waals surface area contributed by atoms with Crippen molar-refractivity contribution < 1.29 is 14.3 Å². The molecule has 1 aliphatic heterocycles. The van der Waals surface area contributed by atoms with Crippen molar-refractivity contribution in [2.45, 2.75) is 5.37 Å². The fraction of sp³-hybridized carbons (Fsp3) is 0.278. The van der Waals surface area contributed by atoms with Gasteiger partial charge in [-0.15, -0.1) is 11.8 Å². The van der Waals surface area contributed by atoms with Gasteiger partial charge in [-0.25, -0.2) is 4.79 Å². The summed E-state index contributed by atoms with van der Waals surface area (Å²) in [5.74, 6) is 2.26. The summed E-state index contributed by atoms with van der Waals surface area (Å²) in [6.45, 7) is 0.618. The maximum atomic E-state index is 12.8. The lowest BCUT2D eigenvalue weighted by molar-refractivity contribution is 0.213. The fourth-order valence-corrected chi connectivity index (χ4v) is 4.47. The topological polar surface area (TPSA) is 50.8 Å². The van der Waals surface area contributed by atoms with Crippen molar-refractivity contribution in [3.8, 4) is 11.5 Å². The number of hydrogen-bond donors (Lipinski definition) is 1. The van der Waals surface area contributed by atoms with Gasteiger partial charge in [-0.1, -0.05) is 23.2 Å². The number of nitrogens with one attached hydrogen (secondary N) is 1. The molecule has 0 aromatic heterocycles. The molecule has 1 unspecified atom stereocenters. The van der Waals surface area contributed by atoms with Crippen LogP contribution in [0.5, 0.6) is 11.5 Å². The summed E-state index contributed by atoms with van der Waals surface area (Å²) in [5, 5.41) is 3.60. The molecule has 1 heterocycles. The maximum Gasteiger partial charge on any atom is 0.323 e. The molecule has 1 atom stereocenters. The Kier molecular flexibility index (Phi) is 6.06. The Morgan fingerprint density at radius 1 is 1.19 bits per heavy atom. The molecule has 26 heavy (non-hydrogen) atoms. The van der Waals surface area contributed by atoms with E-state index in [2.05, 4.69) is 5.32 Å². The summed E-state index contributed by atoms with van der Waals surface area (Å²) >= 11 is 13.7. The third-order valence-electron chi connectivity index (χ3n) is 4.03. The molecular formula is C18H18Cl2N2O3S. The molecule has 1 N–H and O–H groups in total. The largest absolute Gasteiger partial charge is 0.497 e. The molecular weight excluding hydrogens is 395 g/mol. The number of amides is 2. The van der Waals surface area contributed by atoms with Crippen molar-refractivity contribution in [2.75, 3.05) is 31.8 Å². The van der Waals surface area contributed by atoms with E-state index in [4.69, 9.17) is 32.7 Å². The molecule has 138 valence electrons. The molecule has 1 aliphatic rings. The van der Waals surface area contributed by atoms with E-state index in [9.17, 15) is 4.79 Å². The lowest BCUT2D eigenvalue weighted by Crippen LogP contribution is -2.34. The molecule has 0 radical (unpaired) electrons. The smallest absolute Gasteiger partial charge is 0.323 e. The highest BCUT2D eigenvalue weighted by Crippen LogP contribution is 2.43. The van der Waals surface area contributed by atoms with E-state index in [0.29, 0.717) is 28.0 Å². The molecule has 0 aliphatic carbocycles. The molecule has 0 bridgehead atoms. The van der Waals surface area contributed by atoms with Crippen LogP contribution in [0.1, 0.15) is 10.9 Å². The van der Waals surface area contributed by atoms with Crippen molar-refractivity contribution in [1.29, 1.82) is 0 Å². The van der Waals surface area contributed by atoms with Gasteiger partial charge in [0, 0.05) is 22.9 Å². The minimum atomic E-state index is -0.228. The van der Waals surface area contributed by atoms with Crippen molar-refractivity contribution in [3.05, 3.63) is 52.0 Å². The summed E-state index contributed by atoms with van der Waals surface area (Å²) < 4.78 is 10.8. The van der Waals surface area contributed by atoms with Gasteiger partial charge in [-0.2, -0.15) is 0 Å². The first-order valence-electron chi connectivity index (χ1n) is 7.89. The molecule has 0 spiro atoms. The molecule has 2 amide bonds. The number of methoxy groups -OCH3 is 2. The number of hydrogen-bond acceptors (Lipinski definition) is 4. The fourth-order valence-electron chi connectivity index (χ4n) is 2.75. The van der Waals surface area contributed by atoms with Crippen molar-refractivity contribution in [1.82, 2.24) is 4.90 Å². The average Bonchev–Trinajstić information content (AvgIpc) is 3.13. The summed E-state index contributed by atoms with van der Waals surface area (Å²) in [7, 11) is 3.23. The second-order valence-electron chi connectivity index (χ2n) is 5.58. The summed E-state index contributed by atoms with van der Waals surface area (Å²) in [4.78, 5) is 14.6. The van der Waals surface area contributed by atoms with Gasteiger partial charge in [0.15, 0.2) is 0 Å². The quantitative estimate of drug-likeness (QED) is 0.740. The summed E-state index contributed by atoms with van der Waals surface area (Å²) in [5.41, 5.74) is 1.42. The normalized spacial score (nSPS) is 16.5. The Morgan fingerprint density at radius 2 is 2.00 bits per heavy atom. The first-order chi connectivity index (χ1) is 12.5. The van der Waals surface area contributed by atoms with E-state index in [1.807, 2.05) is 18.2 Å². The van der Waals surface area contributed by atoms with Crippen LogP contribution >= 0.6 is 35.0 Å². The van der Waals surface area contributed by atoms with Crippen LogP contribution in [0.4, 0.5) is 10.5 Å². The van der Waals surface area contributed by atoms with Gasteiger partial charge >= 0.3 is 6.03 Å². The second kappa shape index (κ2) is 8.29. The van der Waals surface area contributed by atoms with Gasteiger partial charge in [0.2, 0.25) is 0 Å². The van der Waals surface area contributed by atoms with Crippen LogP contribution in [0.25, 0.3) is 0 Å². The molecule has 8 heteroatoms. The zero-order valence-corrected chi connectivity index (χ0v) is 16.6. The predicted octanol–water partition coefficient (Wildman–Crippen LogP) is 5.29. The number of anilines is 1. The van der Waals surface area contributed by atoms with Crippen LogP contribution in [-0.4, -0.2) is 37.4 Å². The highest BCUT2D eigenvalue weighted by atomic mass is 35.5. The van der Waals surface area contributed by atoms with E-state index >= 15 is 0 Å². The third-order valence-corrected chi connectivity index (χ3v) is 5.82. The number of ether oxygens (including phenoxy) is 2. The molecule has 3 rings (SSSR count). The molecule has 5 nitrogen and oxygen atoms in total. The highest BCUT2D eigenvalue weighted by Gasteiger charge is 2.33. The van der Waals surface area contributed by atoms with E-state index in [1.165, 1.54) is 0 Å². The van der Waals surface area contributed by atoms with Gasteiger partial charge < -0.3 is 19.7 Å². The SMILES string of the molecule is COc1ccc(OC)c(C2SCCN2C(=O)Nc2ccc(Cl)cc2Cl)c1. The lowest BCUT2D eigenvalue weighted by Gasteiger charge is -2.26. The molecule has 2 aromatic rings. The van der Waals surface area contributed by atoms with Crippen molar-refractivity contribution in [3.63, 3.8) is 0 Å². The van der Waals surface area contributed by atoms with E-state index in [0.717, 1.165) is 17.1 Å². The van der Waals surface area contributed by atoms with Gasteiger partial charge in [0.1, 0.15) is 16.9 Å². The number of rotatable bonds is 4.